The quantitative estimate of drug-likeness (QED) is 0.773. The number of hydrogen-bond acceptors (Lipinski definition) is 3. The number of aliphatic carboxylic acids is 1. The lowest BCUT2D eigenvalue weighted by Crippen LogP contribution is -2.38. The number of carbonyl (C=O) groups excluding carboxylic acids is 1. The van der Waals surface area contributed by atoms with Crippen molar-refractivity contribution in [3.8, 4) is 5.75 Å². The van der Waals surface area contributed by atoms with E-state index in [-0.39, 0.29) is 18.2 Å². The van der Waals surface area contributed by atoms with E-state index in [2.05, 4.69) is 5.32 Å². The molecule has 2 atom stereocenters. The maximum atomic E-state index is 11.9. The van der Waals surface area contributed by atoms with Crippen LogP contribution in [0, 0.1) is 5.92 Å². The first-order chi connectivity index (χ1) is 9.90. The molecule has 0 aliphatic carbocycles. The Morgan fingerprint density at radius 3 is 2.62 bits per heavy atom. The third-order valence-electron chi connectivity index (χ3n) is 2.99. The van der Waals surface area contributed by atoms with E-state index in [9.17, 15) is 9.59 Å². The minimum atomic E-state index is -0.830. The van der Waals surface area contributed by atoms with Crippen molar-refractivity contribution in [2.24, 2.45) is 5.92 Å². The van der Waals surface area contributed by atoms with Gasteiger partial charge >= 0.3 is 5.97 Å². The van der Waals surface area contributed by atoms with Gasteiger partial charge in [0.2, 0.25) is 0 Å². The molecule has 0 aliphatic rings. The molecule has 1 amide bonds. The third kappa shape index (κ3) is 6.49. The average molecular weight is 314 g/mol. The van der Waals surface area contributed by atoms with Gasteiger partial charge in [-0.1, -0.05) is 30.7 Å². The number of rotatable bonds is 8. The summed E-state index contributed by atoms with van der Waals surface area (Å²) >= 11 is 5.96. The van der Waals surface area contributed by atoms with Gasteiger partial charge in [-0.05, 0) is 31.4 Å². The molecule has 0 saturated carbocycles. The van der Waals surface area contributed by atoms with Gasteiger partial charge in [-0.3, -0.25) is 9.59 Å². The van der Waals surface area contributed by atoms with Crippen LogP contribution in [0.4, 0.5) is 0 Å². The van der Waals surface area contributed by atoms with Gasteiger partial charge in [-0.2, -0.15) is 0 Å². The molecule has 1 aromatic carbocycles. The van der Waals surface area contributed by atoms with Crippen molar-refractivity contribution < 1.29 is 19.4 Å². The maximum Gasteiger partial charge on any atom is 0.303 e. The van der Waals surface area contributed by atoms with Crippen molar-refractivity contribution in [2.45, 2.75) is 32.8 Å². The van der Waals surface area contributed by atoms with E-state index in [1.807, 2.05) is 6.92 Å². The van der Waals surface area contributed by atoms with E-state index >= 15 is 0 Å². The number of carbonyl (C=O) groups is 2. The molecule has 0 aliphatic heterocycles. The van der Waals surface area contributed by atoms with Gasteiger partial charge in [0, 0.05) is 13.0 Å². The van der Waals surface area contributed by atoms with Crippen molar-refractivity contribution in [1.82, 2.24) is 5.32 Å². The Labute approximate surface area is 129 Å². The van der Waals surface area contributed by atoms with Gasteiger partial charge in [0.05, 0.1) is 5.02 Å². The Hall–Kier alpha value is -1.75. The molecule has 1 aromatic rings. The largest absolute Gasteiger partial charge is 0.481 e. The Kier molecular flexibility index (Phi) is 7.02. The Bertz CT molecular complexity index is 492. The predicted molar refractivity (Wildman–Crippen MR) is 80.6 cm³/mol. The van der Waals surface area contributed by atoms with E-state index < -0.39 is 12.1 Å². The van der Waals surface area contributed by atoms with Crippen LogP contribution in [-0.4, -0.2) is 29.6 Å². The molecule has 0 heterocycles. The summed E-state index contributed by atoms with van der Waals surface area (Å²) in [6.45, 7) is 3.95. The fourth-order valence-electron chi connectivity index (χ4n) is 1.67. The number of ether oxygens (including phenoxy) is 1. The van der Waals surface area contributed by atoms with Gasteiger partial charge in [-0.15, -0.1) is 0 Å². The van der Waals surface area contributed by atoms with Crippen LogP contribution in [0.5, 0.6) is 5.75 Å². The first-order valence-electron chi connectivity index (χ1n) is 6.80. The summed E-state index contributed by atoms with van der Waals surface area (Å²) < 4.78 is 5.50. The molecular weight excluding hydrogens is 294 g/mol. The number of nitrogens with one attached hydrogen (secondary N) is 1. The van der Waals surface area contributed by atoms with Gasteiger partial charge < -0.3 is 15.2 Å². The highest BCUT2D eigenvalue weighted by atomic mass is 35.5. The summed E-state index contributed by atoms with van der Waals surface area (Å²) in [5.41, 5.74) is 0. The maximum absolute atomic E-state index is 11.9. The fourth-order valence-corrected chi connectivity index (χ4v) is 1.86. The lowest BCUT2D eigenvalue weighted by molar-refractivity contribution is -0.137. The zero-order chi connectivity index (χ0) is 15.8. The highest BCUT2D eigenvalue weighted by Gasteiger charge is 2.16. The normalized spacial score (nSPS) is 13.3. The summed E-state index contributed by atoms with van der Waals surface area (Å²) in [5, 5.41) is 11.8. The highest BCUT2D eigenvalue weighted by molar-refractivity contribution is 6.32. The minimum Gasteiger partial charge on any atom is -0.481 e. The molecule has 21 heavy (non-hydrogen) atoms. The number of hydrogen-bond donors (Lipinski definition) is 2. The first-order valence-corrected chi connectivity index (χ1v) is 7.18. The zero-order valence-corrected chi connectivity index (χ0v) is 12.9. The molecule has 5 nitrogen and oxygen atoms in total. The molecule has 2 N–H and O–H groups in total. The van der Waals surface area contributed by atoms with Crippen molar-refractivity contribution >= 4 is 23.5 Å². The predicted octanol–water partition coefficient (Wildman–Crippen LogP) is 2.72. The van der Waals surface area contributed by atoms with E-state index in [1.54, 1.807) is 31.2 Å². The number of para-hydroxylation sites is 1. The van der Waals surface area contributed by atoms with Crippen LogP contribution in [0.2, 0.25) is 5.02 Å². The Morgan fingerprint density at radius 2 is 2.00 bits per heavy atom. The van der Waals surface area contributed by atoms with Crippen molar-refractivity contribution in [3.05, 3.63) is 29.3 Å². The highest BCUT2D eigenvalue weighted by Crippen LogP contribution is 2.24. The fraction of sp³-hybridized carbons (Fsp3) is 0.467. The number of carboxylic acid groups (broad SMARTS) is 1. The summed E-state index contributed by atoms with van der Waals surface area (Å²) in [6, 6.07) is 6.95. The SMILES string of the molecule is CC(CCC(=O)O)CNC(=O)C(C)Oc1ccccc1Cl. The summed E-state index contributed by atoms with van der Waals surface area (Å²) in [5.74, 6) is -0.529. The molecule has 0 saturated heterocycles. The van der Waals surface area contributed by atoms with E-state index in [1.165, 1.54) is 0 Å². The van der Waals surface area contributed by atoms with Gasteiger partial charge in [0.1, 0.15) is 5.75 Å². The number of halogens is 1. The molecule has 0 radical (unpaired) electrons. The van der Waals surface area contributed by atoms with Crippen molar-refractivity contribution in [1.29, 1.82) is 0 Å². The average Bonchev–Trinajstić information content (AvgIpc) is 2.44. The van der Waals surface area contributed by atoms with Crippen LogP contribution in [0.3, 0.4) is 0 Å². The second kappa shape index (κ2) is 8.52. The molecule has 0 fully saturated rings. The van der Waals surface area contributed by atoms with Crippen LogP contribution >= 0.6 is 11.6 Å². The zero-order valence-electron chi connectivity index (χ0n) is 12.1. The summed E-state index contributed by atoms with van der Waals surface area (Å²) in [7, 11) is 0. The summed E-state index contributed by atoms with van der Waals surface area (Å²) in [4.78, 5) is 22.4. The van der Waals surface area contributed by atoms with Crippen molar-refractivity contribution in [2.75, 3.05) is 6.54 Å². The first kappa shape index (κ1) is 17.3. The van der Waals surface area contributed by atoms with E-state index in [0.717, 1.165) is 0 Å². The topological polar surface area (TPSA) is 75.6 Å². The number of carboxylic acids is 1. The van der Waals surface area contributed by atoms with Crippen LogP contribution in [0.1, 0.15) is 26.7 Å². The van der Waals surface area contributed by atoms with Crippen LogP contribution in [-0.2, 0) is 9.59 Å². The monoisotopic (exact) mass is 313 g/mol. The van der Waals surface area contributed by atoms with Crippen LogP contribution in [0.25, 0.3) is 0 Å². The third-order valence-corrected chi connectivity index (χ3v) is 3.30. The summed E-state index contributed by atoms with van der Waals surface area (Å²) in [6.07, 6.45) is -0.0467. The van der Waals surface area contributed by atoms with E-state index in [4.69, 9.17) is 21.4 Å². The number of benzene rings is 1. The van der Waals surface area contributed by atoms with E-state index in [0.29, 0.717) is 23.7 Å². The standard InChI is InChI=1S/C15H20ClNO4/c1-10(7-8-14(18)19)9-17-15(20)11(2)21-13-6-4-3-5-12(13)16/h3-6,10-11H,7-9H2,1-2H3,(H,17,20)(H,18,19). The molecule has 2 unspecified atom stereocenters. The molecule has 6 heteroatoms. The molecule has 0 aromatic heterocycles. The van der Waals surface area contributed by atoms with Crippen LogP contribution < -0.4 is 10.1 Å². The molecule has 116 valence electrons. The second-order valence-corrected chi connectivity index (χ2v) is 5.38. The second-order valence-electron chi connectivity index (χ2n) is 4.97. The number of amides is 1. The lowest BCUT2D eigenvalue weighted by Gasteiger charge is -2.17. The Balaban J connectivity index is 2.38. The molecular formula is C15H20ClNO4. The van der Waals surface area contributed by atoms with Crippen LogP contribution in [0.15, 0.2) is 24.3 Å². The molecule has 0 spiro atoms. The molecule has 1 rings (SSSR count). The minimum absolute atomic E-state index is 0.0950. The lowest BCUT2D eigenvalue weighted by atomic mass is 10.1. The van der Waals surface area contributed by atoms with Gasteiger partial charge in [0.25, 0.3) is 5.91 Å². The molecule has 0 bridgehead atoms. The van der Waals surface area contributed by atoms with Crippen molar-refractivity contribution in [3.63, 3.8) is 0 Å². The van der Waals surface area contributed by atoms with Gasteiger partial charge in [0.15, 0.2) is 6.10 Å². The Morgan fingerprint density at radius 1 is 1.33 bits per heavy atom. The smallest absolute Gasteiger partial charge is 0.303 e. The van der Waals surface area contributed by atoms with Gasteiger partial charge in [-0.25, -0.2) is 0 Å².